The van der Waals surface area contributed by atoms with Gasteiger partial charge in [0.05, 0.1) is 18.2 Å². The SMILES string of the molecule is CCN(Cc1nc2cc(C(F)(F)F)ccc2o1)C(=O)NC1CCC([C@H](N)C(=O)N(C)C2CCC2)CC1. The van der Waals surface area contributed by atoms with Crippen LogP contribution >= 0.6 is 0 Å². The van der Waals surface area contributed by atoms with Gasteiger partial charge in [-0.1, -0.05) is 0 Å². The molecule has 0 aliphatic heterocycles. The topological polar surface area (TPSA) is 105 Å². The number of nitrogens with two attached hydrogens (primary N) is 1. The highest BCUT2D eigenvalue weighted by atomic mass is 19.4. The minimum Gasteiger partial charge on any atom is -0.439 e. The third-order valence-corrected chi connectivity index (χ3v) is 7.62. The third-order valence-electron chi connectivity index (χ3n) is 7.62. The number of carbonyl (C=O) groups excluding carboxylic acids is 2. The quantitative estimate of drug-likeness (QED) is 0.580. The van der Waals surface area contributed by atoms with Crippen molar-refractivity contribution in [1.82, 2.24) is 20.1 Å². The summed E-state index contributed by atoms with van der Waals surface area (Å²) in [5.41, 5.74) is 5.85. The molecule has 1 atom stereocenters. The van der Waals surface area contributed by atoms with Crippen LogP contribution in [0.1, 0.15) is 63.3 Å². The fourth-order valence-electron chi connectivity index (χ4n) is 4.99. The van der Waals surface area contributed by atoms with E-state index in [2.05, 4.69) is 10.3 Å². The molecule has 0 radical (unpaired) electrons. The number of alkyl halides is 3. The number of nitrogens with one attached hydrogen (secondary N) is 1. The highest BCUT2D eigenvalue weighted by molar-refractivity contribution is 5.82. The lowest BCUT2D eigenvalue weighted by atomic mass is 9.81. The molecule has 2 aliphatic rings. The summed E-state index contributed by atoms with van der Waals surface area (Å²) in [6, 6.07) is 2.60. The maximum Gasteiger partial charge on any atom is 0.416 e. The van der Waals surface area contributed by atoms with Crippen LogP contribution in [0.15, 0.2) is 22.6 Å². The number of benzene rings is 1. The average Bonchev–Trinajstić information content (AvgIpc) is 3.22. The van der Waals surface area contributed by atoms with Crippen molar-refractivity contribution in [3.05, 3.63) is 29.7 Å². The summed E-state index contributed by atoms with van der Waals surface area (Å²) >= 11 is 0. The second-order valence-electron chi connectivity index (χ2n) is 9.92. The van der Waals surface area contributed by atoms with Crippen molar-refractivity contribution in [3.63, 3.8) is 0 Å². The second-order valence-corrected chi connectivity index (χ2v) is 9.92. The molecule has 1 heterocycles. The Balaban J connectivity index is 1.29. The number of carbonyl (C=O) groups is 2. The first-order valence-corrected chi connectivity index (χ1v) is 12.6. The Labute approximate surface area is 208 Å². The Morgan fingerprint density at radius 1 is 1.19 bits per heavy atom. The molecule has 4 rings (SSSR count). The van der Waals surface area contributed by atoms with E-state index in [1.807, 2.05) is 14.0 Å². The van der Waals surface area contributed by atoms with Crippen LogP contribution in [0.3, 0.4) is 0 Å². The molecular formula is C25H34F3N5O3. The van der Waals surface area contributed by atoms with Gasteiger partial charge in [0.25, 0.3) is 0 Å². The molecule has 0 spiro atoms. The second kappa shape index (κ2) is 10.7. The lowest BCUT2D eigenvalue weighted by molar-refractivity contribution is -0.137. The molecule has 1 aromatic carbocycles. The van der Waals surface area contributed by atoms with Gasteiger partial charge in [-0.25, -0.2) is 9.78 Å². The van der Waals surface area contributed by atoms with Gasteiger partial charge in [0, 0.05) is 25.7 Å². The predicted octanol–water partition coefficient (Wildman–Crippen LogP) is 4.28. The molecule has 2 aromatic rings. The third kappa shape index (κ3) is 5.77. The van der Waals surface area contributed by atoms with Gasteiger partial charge >= 0.3 is 12.2 Å². The molecule has 2 saturated carbocycles. The summed E-state index contributed by atoms with van der Waals surface area (Å²) in [5.74, 6) is 0.270. The average molecular weight is 510 g/mol. The molecule has 3 amide bonds. The van der Waals surface area contributed by atoms with Crippen LogP contribution in [-0.4, -0.2) is 58.4 Å². The van der Waals surface area contributed by atoms with E-state index in [9.17, 15) is 22.8 Å². The van der Waals surface area contributed by atoms with E-state index in [-0.39, 0.29) is 47.4 Å². The van der Waals surface area contributed by atoms with E-state index in [1.165, 1.54) is 11.0 Å². The van der Waals surface area contributed by atoms with Crippen molar-refractivity contribution in [2.45, 2.75) is 82.7 Å². The zero-order valence-electron chi connectivity index (χ0n) is 20.7. The molecule has 0 saturated heterocycles. The molecule has 0 bridgehead atoms. The Morgan fingerprint density at radius 2 is 1.89 bits per heavy atom. The number of hydrogen-bond donors (Lipinski definition) is 2. The van der Waals surface area contributed by atoms with Gasteiger partial charge in [-0.15, -0.1) is 0 Å². The minimum absolute atomic E-state index is 0.00466. The summed E-state index contributed by atoms with van der Waals surface area (Å²) in [4.78, 5) is 33.1. The normalized spacial score (nSPS) is 21.6. The van der Waals surface area contributed by atoms with Crippen LogP contribution in [0.5, 0.6) is 0 Å². The number of urea groups is 1. The van der Waals surface area contributed by atoms with Gasteiger partial charge in [-0.05, 0) is 76.0 Å². The lowest BCUT2D eigenvalue weighted by Crippen LogP contribution is -2.53. The predicted molar refractivity (Wildman–Crippen MR) is 128 cm³/mol. The summed E-state index contributed by atoms with van der Waals surface area (Å²) in [6.45, 7) is 2.23. The minimum atomic E-state index is -4.47. The number of rotatable bonds is 7. The first-order chi connectivity index (χ1) is 17.1. The number of amides is 3. The molecule has 2 aliphatic carbocycles. The molecule has 11 heteroatoms. The fraction of sp³-hybridized carbons (Fsp3) is 0.640. The van der Waals surface area contributed by atoms with Gasteiger partial charge in [-0.2, -0.15) is 13.2 Å². The Bertz CT molecular complexity index is 1080. The van der Waals surface area contributed by atoms with Gasteiger partial charge < -0.3 is 25.3 Å². The largest absolute Gasteiger partial charge is 0.439 e. The highest BCUT2D eigenvalue weighted by Crippen LogP contribution is 2.32. The van der Waals surface area contributed by atoms with Gasteiger partial charge in [0.2, 0.25) is 11.8 Å². The lowest BCUT2D eigenvalue weighted by Gasteiger charge is -2.39. The van der Waals surface area contributed by atoms with Crippen LogP contribution in [0.4, 0.5) is 18.0 Å². The number of nitrogens with zero attached hydrogens (tertiary/aromatic N) is 3. The Morgan fingerprint density at radius 3 is 2.47 bits per heavy atom. The van der Waals surface area contributed by atoms with E-state index in [0.717, 1.165) is 57.1 Å². The number of halogens is 3. The number of likely N-dealkylation sites (N-methyl/N-ethyl adjacent to an activating group) is 1. The molecule has 0 unspecified atom stereocenters. The van der Waals surface area contributed by atoms with Crippen LogP contribution in [0.25, 0.3) is 11.1 Å². The highest BCUT2D eigenvalue weighted by Gasteiger charge is 2.35. The number of oxazole rings is 1. The van der Waals surface area contributed by atoms with Gasteiger partial charge in [-0.3, -0.25) is 4.79 Å². The molecule has 2 fully saturated rings. The van der Waals surface area contributed by atoms with Crippen molar-refractivity contribution >= 4 is 23.0 Å². The fourth-order valence-corrected chi connectivity index (χ4v) is 4.99. The van der Waals surface area contributed by atoms with Crippen LogP contribution in [0, 0.1) is 5.92 Å². The number of aromatic nitrogens is 1. The van der Waals surface area contributed by atoms with Crippen molar-refractivity contribution in [2.75, 3.05) is 13.6 Å². The van der Waals surface area contributed by atoms with Gasteiger partial charge in [0.15, 0.2) is 5.58 Å². The molecular weight excluding hydrogens is 475 g/mol. The molecule has 1 aromatic heterocycles. The first kappa shape index (κ1) is 26.2. The maximum absolute atomic E-state index is 13.0. The van der Waals surface area contributed by atoms with Crippen LogP contribution < -0.4 is 11.1 Å². The first-order valence-electron chi connectivity index (χ1n) is 12.6. The van der Waals surface area contributed by atoms with Crippen molar-refractivity contribution in [2.24, 2.45) is 11.7 Å². The molecule has 36 heavy (non-hydrogen) atoms. The van der Waals surface area contributed by atoms with Crippen molar-refractivity contribution < 1.29 is 27.2 Å². The molecule has 8 nitrogen and oxygen atoms in total. The summed E-state index contributed by atoms with van der Waals surface area (Å²) < 4.78 is 44.5. The summed E-state index contributed by atoms with van der Waals surface area (Å²) in [6.07, 6.45) is 1.74. The summed E-state index contributed by atoms with van der Waals surface area (Å²) in [5, 5.41) is 3.03. The molecule has 198 valence electrons. The van der Waals surface area contributed by atoms with Crippen LogP contribution in [-0.2, 0) is 17.5 Å². The van der Waals surface area contributed by atoms with E-state index in [1.54, 1.807) is 4.90 Å². The van der Waals surface area contributed by atoms with Crippen molar-refractivity contribution in [3.8, 4) is 0 Å². The standard InChI is InChI=1S/C25H34F3N5O3/c1-3-33(14-21-31-19-13-16(25(26,27)28)9-12-20(19)36-21)24(35)30-17-10-7-15(8-11-17)22(29)23(34)32(2)18-5-4-6-18/h9,12-13,15,17-18,22H,3-8,10-11,14,29H2,1-2H3,(H,30,35)/t15?,17?,22-/m0/s1. The van der Waals surface area contributed by atoms with E-state index in [4.69, 9.17) is 10.2 Å². The zero-order chi connectivity index (χ0) is 26.0. The monoisotopic (exact) mass is 509 g/mol. The Hall–Kier alpha value is -2.82. The van der Waals surface area contributed by atoms with E-state index in [0.29, 0.717) is 12.6 Å². The van der Waals surface area contributed by atoms with Crippen LogP contribution in [0.2, 0.25) is 0 Å². The Kier molecular flexibility index (Phi) is 7.77. The number of hydrogen-bond acceptors (Lipinski definition) is 5. The smallest absolute Gasteiger partial charge is 0.416 e. The van der Waals surface area contributed by atoms with Crippen molar-refractivity contribution in [1.29, 1.82) is 0 Å². The zero-order valence-corrected chi connectivity index (χ0v) is 20.7. The van der Waals surface area contributed by atoms with Gasteiger partial charge in [0.1, 0.15) is 5.52 Å². The molecule has 3 N–H and O–H groups in total. The van der Waals surface area contributed by atoms with E-state index < -0.39 is 17.8 Å². The van der Waals surface area contributed by atoms with E-state index >= 15 is 0 Å². The number of fused-ring (bicyclic) bond motifs is 1. The summed E-state index contributed by atoms with van der Waals surface area (Å²) in [7, 11) is 1.84. The maximum atomic E-state index is 13.0.